The van der Waals surface area contributed by atoms with Crippen molar-refractivity contribution in [3.05, 3.63) is 0 Å². The molecule has 0 aromatic rings. The van der Waals surface area contributed by atoms with E-state index in [0.717, 1.165) is 0 Å². The molecule has 1 unspecified atom stereocenters. The van der Waals surface area contributed by atoms with Gasteiger partial charge in [-0.25, -0.2) is 4.79 Å². The van der Waals surface area contributed by atoms with Crippen molar-refractivity contribution in [3.63, 3.8) is 0 Å². The highest BCUT2D eigenvalue weighted by Crippen LogP contribution is 2.21. The second-order valence-corrected chi connectivity index (χ2v) is 2.50. The summed E-state index contributed by atoms with van der Waals surface area (Å²) in [7, 11) is 0. The topological polar surface area (TPSA) is 49.3 Å². The number of alkyl halides is 3. The molecule has 0 spiro atoms. The van der Waals surface area contributed by atoms with Crippen LogP contribution in [0, 0.1) is 0 Å². The fourth-order valence-electron chi connectivity index (χ4n) is 0.663. The van der Waals surface area contributed by atoms with Gasteiger partial charge in [0.2, 0.25) is 0 Å². The zero-order chi connectivity index (χ0) is 9.78. The molecule has 3 nitrogen and oxygen atoms in total. The number of halogens is 3. The van der Waals surface area contributed by atoms with E-state index in [1.807, 2.05) is 5.32 Å². The van der Waals surface area contributed by atoms with E-state index < -0.39 is 24.7 Å². The van der Waals surface area contributed by atoms with Crippen LogP contribution in [0.2, 0.25) is 0 Å². The summed E-state index contributed by atoms with van der Waals surface area (Å²) in [6, 6.07) is -0.663. The van der Waals surface area contributed by atoms with Crippen LogP contribution in [-0.2, 0) is 0 Å². The summed E-state index contributed by atoms with van der Waals surface area (Å²) in [5.41, 5.74) is 0. The minimum Gasteiger partial charge on any atom is -0.465 e. The predicted molar refractivity (Wildman–Crippen MR) is 35.9 cm³/mol. The summed E-state index contributed by atoms with van der Waals surface area (Å²) >= 11 is 0. The Hall–Kier alpha value is -0.940. The molecule has 0 aliphatic heterocycles. The van der Waals surface area contributed by atoms with Gasteiger partial charge in [-0.15, -0.1) is 0 Å². The summed E-state index contributed by atoms with van der Waals surface area (Å²) in [6.07, 6.45) is -6.71. The van der Waals surface area contributed by atoms with Crippen LogP contribution in [0.15, 0.2) is 0 Å². The van der Waals surface area contributed by atoms with Crippen LogP contribution in [0.4, 0.5) is 18.0 Å². The lowest BCUT2D eigenvalue weighted by molar-refractivity contribution is -0.136. The van der Waals surface area contributed by atoms with Crippen molar-refractivity contribution in [2.75, 3.05) is 0 Å². The molecule has 2 N–H and O–H groups in total. The van der Waals surface area contributed by atoms with Gasteiger partial charge < -0.3 is 10.4 Å². The molecule has 0 saturated carbocycles. The van der Waals surface area contributed by atoms with Gasteiger partial charge >= 0.3 is 12.3 Å². The van der Waals surface area contributed by atoms with Crippen molar-refractivity contribution in [1.29, 1.82) is 0 Å². The van der Waals surface area contributed by atoms with Gasteiger partial charge in [0.25, 0.3) is 0 Å². The first-order valence-corrected chi connectivity index (χ1v) is 3.37. The van der Waals surface area contributed by atoms with Crippen molar-refractivity contribution >= 4 is 6.09 Å². The largest absolute Gasteiger partial charge is 0.465 e. The number of rotatable bonds is 3. The van der Waals surface area contributed by atoms with Crippen molar-refractivity contribution < 1.29 is 23.1 Å². The highest BCUT2D eigenvalue weighted by atomic mass is 19.4. The number of carbonyl (C=O) groups is 1. The third kappa shape index (κ3) is 7.17. The molecule has 0 aromatic heterocycles. The Labute approximate surface area is 67.6 Å². The summed E-state index contributed by atoms with van der Waals surface area (Å²) in [6.45, 7) is 1.39. The molecule has 1 amide bonds. The van der Waals surface area contributed by atoms with E-state index in [0.29, 0.717) is 0 Å². The molecule has 0 aliphatic rings. The molecule has 72 valence electrons. The number of amides is 1. The average Bonchev–Trinajstić information content (AvgIpc) is 1.80. The van der Waals surface area contributed by atoms with Gasteiger partial charge in [0.05, 0.1) is 0 Å². The van der Waals surface area contributed by atoms with Crippen LogP contribution in [0.5, 0.6) is 0 Å². The molecule has 0 radical (unpaired) electrons. The lowest BCUT2D eigenvalue weighted by atomic mass is 10.2. The molecule has 0 heterocycles. The second-order valence-electron chi connectivity index (χ2n) is 2.50. The minimum absolute atomic E-state index is 0.226. The van der Waals surface area contributed by atoms with Crippen LogP contribution >= 0.6 is 0 Å². The van der Waals surface area contributed by atoms with E-state index in [-0.39, 0.29) is 6.42 Å². The van der Waals surface area contributed by atoms with E-state index in [4.69, 9.17) is 5.11 Å². The van der Waals surface area contributed by atoms with Crippen molar-refractivity contribution in [3.8, 4) is 0 Å². The molecule has 0 aliphatic carbocycles. The van der Waals surface area contributed by atoms with Gasteiger partial charge in [-0.05, 0) is 13.3 Å². The fraction of sp³-hybridized carbons (Fsp3) is 0.833. The third-order valence-electron chi connectivity index (χ3n) is 1.23. The fourth-order valence-corrected chi connectivity index (χ4v) is 0.663. The van der Waals surface area contributed by atoms with Crippen LogP contribution in [0.1, 0.15) is 19.8 Å². The summed E-state index contributed by atoms with van der Waals surface area (Å²) in [4.78, 5) is 9.94. The molecule has 0 rings (SSSR count). The van der Waals surface area contributed by atoms with Gasteiger partial charge in [-0.2, -0.15) is 13.2 Å². The van der Waals surface area contributed by atoms with Crippen LogP contribution < -0.4 is 5.32 Å². The zero-order valence-electron chi connectivity index (χ0n) is 6.48. The number of nitrogens with one attached hydrogen (secondary N) is 1. The maximum atomic E-state index is 11.6. The zero-order valence-corrected chi connectivity index (χ0v) is 6.48. The molecular weight excluding hydrogens is 175 g/mol. The molecule has 0 bridgehead atoms. The number of carboxylic acid groups (broad SMARTS) is 1. The first-order valence-electron chi connectivity index (χ1n) is 3.37. The van der Waals surface area contributed by atoms with Gasteiger partial charge in [0, 0.05) is 12.5 Å². The molecule has 0 fully saturated rings. The predicted octanol–water partition coefficient (Wildman–Crippen LogP) is 1.99. The van der Waals surface area contributed by atoms with Gasteiger partial charge in [0.15, 0.2) is 0 Å². The molecule has 12 heavy (non-hydrogen) atoms. The first-order chi connectivity index (χ1) is 5.31. The minimum atomic E-state index is -4.21. The van der Waals surface area contributed by atoms with E-state index in [9.17, 15) is 18.0 Å². The van der Waals surface area contributed by atoms with Gasteiger partial charge in [-0.3, -0.25) is 0 Å². The van der Waals surface area contributed by atoms with Crippen LogP contribution in [0.25, 0.3) is 0 Å². The van der Waals surface area contributed by atoms with Crippen LogP contribution in [0.3, 0.4) is 0 Å². The first kappa shape index (κ1) is 11.1. The summed E-state index contributed by atoms with van der Waals surface area (Å²) < 4.78 is 34.7. The molecule has 0 saturated heterocycles. The highest BCUT2D eigenvalue weighted by Gasteiger charge is 2.27. The molecule has 0 aromatic carbocycles. The van der Waals surface area contributed by atoms with E-state index in [2.05, 4.69) is 0 Å². The normalized spacial score (nSPS) is 14.0. The summed E-state index contributed by atoms with van der Waals surface area (Å²) in [5, 5.41) is 10.1. The summed E-state index contributed by atoms with van der Waals surface area (Å²) in [5.74, 6) is 0. The quantitative estimate of drug-likeness (QED) is 0.706. The van der Waals surface area contributed by atoms with E-state index in [1.165, 1.54) is 6.92 Å². The SMILES string of the molecule is CC(CCC(F)(F)F)NC(=O)O. The third-order valence-corrected chi connectivity index (χ3v) is 1.23. The standard InChI is InChI=1S/C6H10F3NO2/c1-4(10-5(11)12)2-3-6(7,8)9/h4,10H,2-3H2,1H3,(H,11,12). The Kier molecular flexibility index (Phi) is 3.85. The monoisotopic (exact) mass is 185 g/mol. The number of hydrogen-bond acceptors (Lipinski definition) is 1. The molecular formula is C6H10F3NO2. The van der Waals surface area contributed by atoms with E-state index >= 15 is 0 Å². The molecule has 6 heteroatoms. The highest BCUT2D eigenvalue weighted by molar-refractivity contribution is 5.64. The average molecular weight is 185 g/mol. The Morgan fingerprint density at radius 3 is 2.42 bits per heavy atom. The molecule has 1 atom stereocenters. The van der Waals surface area contributed by atoms with Gasteiger partial charge in [0.1, 0.15) is 0 Å². The Bertz CT molecular complexity index is 157. The Morgan fingerprint density at radius 1 is 1.58 bits per heavy atom. The lowest BCUT2D eigenvalue weighted by Gasteiger charge is -2.12. The maximum absolute atomic E-state index is 11.6. The van der Waals surface area contributed by atoms with Crippen LogP contribution in [-0.4, -0.2) is 23.4 Å². The second kappa shape index (κ2) is 4.18. The van der Waals surface area contributed by atoms with Crippen molar-refractivity contribution in [2.45, 2.75) is 32.0 Å². The maximum Gasteiger partial charge on any atom is 0.404 e. The van der Waals surface area contributed by atoms with Gasteiger partial charge in [-0.1, -0.05) is 0 Å². The van der Waals surface area contributed by atoms with Crippen molar-refractivity contribution in [1.82, 2.24) is 5.32 Å². The van der Waals surface area contributed by atoms with Crippen molar-refractivity contribution in [2.24, 2.45) is 0 Å². The Balaban J connectivity index is 3.57. The number of hydrogen-bond donors (Lipinski definition) is 2. The Morgan fingerprint density at radius 2 is 2.08 bits per heavy atom. The smallest absolute Gasteiger partial charge is 0.404 e. The lowest BCUT2D eigenvalue weighted by Crippen LogP contribution is -2.32. The van der Waals surface area contributed by atoms with E-state index in [1.54, 1.807) is 0 Å².